The molecule has 2 atom stereocenters. The quantitative estimate of drug-likeness (QED) is 0.382. The van der Waals surface area contributed by atoms with Crippen molar-refractivity contribution in [3.05, 3.63) is 63.1 Å². The van der Waals surface area contributed by atoms with Crippen molar-refractivity contribution in [1.29, 1.82) is 0 Å². The van der Waals surface area contributed by atoms with Crippen LogP contribution in [0.15, 0.2) is 36.4 Å². The monoisotopic (exact) mass is 712 g/mol. The fourth-order valence-electron chi connectivity index (χ4n) is 6.65. The van der Waals surface area contributed by atoms with E-state index in [0.717, 1.165) is 56.0 Å². The number of anilines is 1. The Kier molecular flexibility index (Phi) is 12.4. The van der Waals surface area contributed by atoms with Crippen molar-refractivity contribution in [3.8, 4) is 0 Å². The van der Waals surface area contributed by atoms with Crippen LogP contribution in [0.1, 0.15) is 47.7 Å². The van der Waals surface area contributed by atoms with E-state index in [2.05, 4.69) is 4.90 Å². The van der Waals surface area contributed by atoms with Gasteiger partial charge in [0.05, 0.1) is 10.6 Å². The molecule has 0 bridgehead atoms. The maximum Gasteiger partial charge on any atom is 0.490 e. The van der Waals surface area contributed by atoms with Crippen LogP contribution in [0.5, 0.6) is 0 Å². The number of fused-ring (bicyclic) bond motifs is 1. The normalized spacial score (nSPS) is 19.8. The minimum absolute atomic E-state index is 0.0275. The predicted octanol–water partition coefficient (Wildman–Crippen LogP) is 5.93. The number of likely N-dealkylation sites (tertiary alicyclic amines) is 3. The molecule has 0 spiro atoms. The molecule has 262 valence electrons. The molecule has 0 saturated carbocycles. The van der Waals surface area contributed by atoms with Crippen LogP contribution < -0.4 is 4.90 Å². The van der Waals surface area contributed by atoms with Gasteiger partial charge in [0.25, 0.3) is 5.91 Å². The van der Waals surface area contributed by atoms with Crippen molar-refractivity contribution >= 4 is 52.6 Å². The Morgan fingerprint density at radius 2 is 1.52 bits per heavy atom. The maximum absolute atomic E-state index is 13.7. The molecule has 2 aromatic rings. The molecule has 14 heteroatoms. The Labute approximate surface area is 288 Å². The van der Waals surface area contributed by atoms with Gasteiger partial charge in [0.2, 0.25) is 11.8 Å². The fourth-order valence-corrected chi connectivity index (χ4v) is 7.03. The van der Waals surface area contributed by atoms with Crippen LogP contribution in [-0.4, -0.2) is 102 Å². The van der Waals surface area contributed by atoms with Gasteiger partial charge < -0.3 is 24.7 Å². The number of hydrogen-bond donors (Lipinski definition) is 1. The molecule has 0 aliphatic carbocycles. The first-order valence-electron chi connectivity index (χ1n) is 16.0. The highest BCUT2D eigenvalue weighted by Gasteiger charge is 2.42. The van der Waals surface area contributed by atoms with Crippen molar-refractivity contribution in [1.82, 2.24) is 14.7 Å². The first-order chi connectivity index (χ1) is 22.6. The Morgan fingerprint density at radius 3 is 2.06 bits per heavy atom. The maximum atomic E-state index is 13.7. The highest BCUT2D eigenvalue weighted by Crippen LogP contribution is 2.34. The minimum atomic E-state index is -5.08. The molecule has 0 radical (unpaired) electrons. The summed E-state index contributed by atoms with van der Waals surface area (Å²) in [6, 6.07) is 11.5. The molecule has 3 heterocycles. The van der Waals surface area contributed by atoms with Crippen LogP contribution in [-0.2, 0) is 14.4 Å². The van der Waals surface area contributed by atoms with Crippen LogP contribution in [0.3, 0.4) is 0 Å². The van der Waals surface area contributed by atoms with Crippen molar-refractivity contribution in [2.24, 2.45) is 17.8 Å². The molecule has 0 aromatic heterocycles. The van der Waals surface area contributed by atoms with Gasteiger partial charge in [-0.3, -0.25) is 14.4 Å². The van der Waals surface area contributed by atoms with Crippen molar-refractivity contribution in [2.75, 3.05) is 57.3 Å². The summed E-state index contributed by atoms with van der Waals surface area (Å²) < 4.78 is 31.7. The number of aliphatic carboxylic acids is 1. The molecule has 3 fully saturated rings. The highest BCUT2D eigenvalue weighted by atomic mass is 35.5. The number of halogens is 5. The molecule has 2 unspecified atom stereocenters. The van der Waals surface area contributed by atoms with Gasteiger partial charge >= 0.3 is 12.1 Å². The zero-order chi connectivity index (χ0) is 35.3. The molecular formula is C34H41Cl2F3N4O5. The third kappa shape index (κ3) is 9.21. The van der Waals surface area contributed by atoms with Crippen LogP contribution in [0.25, 0.3) is 0 Å². The molecule has 48 heavy (non-hydrogen) atoms. The van der Waals surface area contributed by atoms with E-state index in [4.69, 9.17) is 33.1 Å². The number of benzene rings is 2. The van der Waals surface area contributed by atoms with E-state index in [1.165, 1.54) is 0 Å². The van der Waals surface area contributed by atoms with E-state index in [1.807, 2.05) is 64.9 Å². The second-order valence-corrected chi connectivity index (χ2v) is 13.6. The number of rotatable bonds is 7. The number of carbonyl (C=O) groups is 4. The third-order valence-electron chi connectivity index (χ3n) is 9.39. The van der Waals surface area contributed by atoms with E-state index in [9.17, 15) is 27.6 Å². The number of hydrogen-bond acceptors (Lipinski definition) is 5. The molecule has 2 aromatic carbocycles. The molecule has 3 amide bonds. The molecule has 9 nitrogen and oxygen atoms in total. The summed E-state index contributed by atoms with van der Waals surface area (Å²) in [6.07, 6.45) is -2.86. The lowest BCUT2D eigenvalue weighted by Crippen LogP contribution is -2.44. The summed E-state index contributed by atoms with van der Waals surface area (Å²) in [6.45, 7) is 11.7. The summed E-state index contributed by atoms with van der Waals surface area (Å²) in [5, 5.41) is 8.33. The number of carboxylic acid groups (broad SMARTS) is 1. The first kappa shape index (κ1) is 37.5. The Hall–Kier alpha value is -3.35. The third-order valence-corrected chi connectivity index (χ3v) is 10.3. The molecule has 1 N–H and O–H groups in total. The topological polar surface area (TPSA) is 101 Å². The van der Waals surface area contributed by atoms with E-state index in [0.29, 0.717) is 59.9 Å². The zero-order valence-electron chi connectivity index (χ0n) is 27.2. The summed E-state index contributed by atoms with van der Waals surface area (Å²) in [7, 11) is 0. The van der Waals surface area contributed by atoms with Crippen molar-refractivity contribution < 1.29 is 37.5 Å². The van der Waals surface area contributed by atoms with E-state index >= 15 is 0 Å². The number of aryl methyl sites for hydroxylation is 2. The molecule has 5 rings (SSSR count). The first-order valence-corrected chi connectivity index (χ1v) is 16.7. The SMILES string of the molecule is CC(=O)N1CCC(C(=O)N(CCCN2CC3CN(C(=O)c4cccc(C)c4Cl)CC3C2)c2ccc(C)c(Cl)c2)CC1.O=C(O)C(F)(F)F. The smallest absolute Gasteiger partial charge is 0.475 e. The van der Waals surface area contributed by atoms with Crippen LogP contribution in [0.2, 0.25) is 10.0 Å². The van der Waals surface area contributed by atoms with Crippen LogP contribution in [0, 0.1) is 31.6 Å². The van der Waals surface area contributed by atoms with Gasteiger partial charge in [0.15, 0.2) is 0 Å². The van der Waals surface area contributed by atoms with Crippen LogP contribution in [0.4, 0.5) is 18.9 Å². The lowest BCUT2D eigenvalue weighted by Gasteiger charge is -2.34. The summed E-state index contributed by atoms with van der Waals surface area (Å²) in [5.41, 5.74) is 3.33. The summed E-state index contributed by atoms with van der Waals surface area (Å²) in [4.78, 5) is 55.7. The highest BCUT2D eigenvalue weighted by molar-refractivity contribution is 6.34. The second-order valence-electron chi connectivity index (χ2n) is 12.8. The molecular weight excluding hydrogens is 672 g/mol. The Morgan fingerprint density at radius 1 is 0.917 bits per heavy atom. The molecule has 3 aliphatic heterocycles. The fraction of sp³-hybridized carbons (Fsp3) is 0.529. The van der Waals surface area contributed by atoms with Gasteiger partial charge in [-0.1, -0.05) is 41.4 Å². The van der Waals surface area contributed by atoms with Gasteiger partial charge in [0, 0.05) is 69.4 Å². The van der Waals surface area contributed by atoms with Gasteiger partial charge in [-0.2, -0.15) is 13.2 Å². The lowest BCUT2D eigenvalue weighted by atomic mass is 9.94. The number of piperidine rings is 1. The zero-order valence-corrected chi connectivity index (χ0v) is 28.7. The van der Waals surface area contributed by atoms with Gasteiger partial charge in [-0.25, -0.2) is 4.79 Å². The number of nitrogens with zero attached hydrogens (tertiary/aromatic N) is 4. The number of carboxylic acids is 1. The van der Waals surface area contributed by atoms with Crippen molar-refractivity contribution in [3.63, 3.8) is 0 Å². The largest absolute Gasteiger partial charge is 0.490 e. The molecule has 3 aliphatic rings. The van der Waals surface area contributed by atoms with E-state index < -0.39 is 12.1 Å². The standard InChI is InChI=1S/C32H40Cl2N4O3.C2HF3O2/c1-21-8-9-27(16-29(21)33)38(31(40)24-10-14-36(15-11-24)23(3)39)13-5-12-35-17-25-19-37(20-26(25)18-35)32(41)28-7-4-6-22(2)30(28)34;3-2(4,5)1(6)7/h4,6-9,16,24-26H,5,10-15,17-20H2,1-3H3;(H,6,7). The summed E-state index contributed by atoms with van der Waals surface area (Å²) in [5.74, 6) is -1.71. The summed E-state index contributed by atoms with van der Waals surface area (Å²) >= 11 is 12.9. The van der Waals surface area contributed by atoms with Gasteiger partial charge in [-0.05, 0) is 80.8 Å². The lowest BCUT2D eigenvalue weighted by molar-refractivity contribution is -0.192. The number of amides is 3. The average Bonchev–Trinajstić information content (AvgIpc) is 3.61. The number of carbonyl (C=O) groups excluding carboxylic acids is 3. The van der Waals surface area contributed by atoms with Gasteiger partial charge in [-0.15, -0.1) is 0 Å². The predicted molar refractivity (Wildman–Crippen MR) is 177 cm³/mol. The van der Waals surface area contributed by atoms with Crippen LogP contribution >= 0.6 is 23.2 Å². The Balaban J connectivity index is 0.000000671. The second kappa shape index (κ2) is 15.9. The Bertz CT molecular complexity index is 1500. The molecule has 3 saturated heterocycles. The average molecular weight is 714 g/mol. The minimum Gasteiger partial charge on any atom is -0.475 e. The van der Waals surface area contributed by atoms with E-state index in [1.54, 1.807) is 6.92 Å². The van der Waals surface area contributed by atoms with Gasteiger partial charge in [0.1, 0.15) is 0 Å². The van der Waals surface area contributed by atoms with Crippen molar-refractivity contribution in [2.45, 2.75) is 46.2 Å². The van der Waals surface area contributed by atoms with E-state index in [-0.39, 0.29) is 23.6 Å². The number of alkyl halides is 3.